The monoisotopic (exact) mass is 435 g/mol. The van der Waals surface area contributed by atoms with Gasteiger partial charge in [0, 0.05) is 17.8 Å². The van der Waals surface area contributed by atoms with Gasteiger partial charge in [0.05, 0.1) is 18.4 Å². The van der Waals surface area contributed by atoms with Gasteiger partial charge in [-0.3, -0.25) is 9.69 Å². The van der Waals surface area contributed by atoms with E-state index >= 15 is 0 Å². The fraction of sp³-hybridized carbons (Fsp3) is 0.360. The number of nitrogens with one attached hydrogen (secondary N) is 1. The minimum atomic E-state index is -0.195. The number of ether oxygens (including phenoxy) is 2. The molecule has 1 N–H and O–H groups in total. The van der Waals surface area contributed by atoms with Gasteiger partial charge in [0.1, 0.15) is 12.4 Å². The SMILES string of the molecule is COc1cc(C(=O)Nc2cccc(CN3CCCC3)c2)ccc1OCc1c(C)noc1C. The number of carbonyl (C=O) groups is 1. The van der Waals surface area contributed by atoms with Crippen LogP contribution in [0.4, 0.5) is 5.69 Å². The molecule has 3 aromatic rings. The summed E-state index contributed by atoms with van der Waals surface area (Å²) in [6.45, 7) is 7.23. The maximum atomic E-state index is 12.8. The predicted octanol–water partition coefficient (Wildman–Crippen LogP) is 4.73. The van der Waals surface area contributed by atoms with Crippen LogP contribution in [0.5, 0.6) is 11.5 Å². The molecule has 4 rings (SSSR count). The maximum Gasteiger partial charge on any atom is 0.255 e. The van der Waals surface area contributed by atoms with E-state index in [1.54, 1.807) is 25.3 Å². The number of carbonyl (C=O) groups excluding carboxylic acids is 1. The molecule has 2 aromatic carbocycles. The molecule has 1 aromatic heterocycles. The summed E-state index contributed by atoms with van der Waals surface area (Å²) in [6.07, 6.45) is 2.52. The first kappa shape index (κ1) is 21.9. The summed E-state index contributed by atoms with van der Waals surface area (Å²) in [4.78, 5) is 15.3. The van der Waals surface area contributed by atoms with E-state index in [-0.39, 0.29) is 5.91 Å². The molecule has 0 bridgehead atoms. The highest BCUT2D eigenvalue weighted by molar-refractivity contribution is 6.04. The van der Waals surface area contributed by atoms with Crippen molar-refractivity contribution in [2.45, 2.75) is 39.8 Å². The van der Waals surface area contributed by atoms with Crippen LogP contribution in [0.15, 0.2) is 47.0 Å². The zero-order valence-corrected chi connectivity index (χ0v) is 18.8. The van der Waals surface area contributed by atoms with E-state index in [4.69, 9.17) is 14.0 Å². The summed E-state index contributed by atoms with van der Waals surface area (Å²) in [5.74, 6) is 1.58. The van der Waals surface area contributed by atoms with Crippen molar-refractivity contribution in [1.29, 1.82) is 0 Å². The quantitative estimate of drug-likeness (QED) is 0.551. The average Bonchev–Trinajstić information content (AvgIpc) is 3.42. The van der Waals surface area contributed by atoms with Crippen molar-refractivity contribution in [3.05, 3.63) is 70.6 Å². The van der Waals surface area contributed by atoms with Crippen LogP contribution < -0.4 is 14.8 Å². The van der Waals surface area contributed by atoms with Crippen LogP contribution in [0.1, 0.15) is 45.8 Å². The van der Waals surface area contributed by atoms with Crippen molar-refractivity contribution in [3.8, 4) is 11.5 Å². The molecule has 2 heterocycles. The molecule has 168 valence electrons. The molecule has 0 saturated carbocycles. The molecule has 1 saturated heterocycles. The highest BCUT2D eigenvalue weighted by Crippen LogP contribution is 2.30. The molecule has 7 nitrogen and oxygen atoms in total. The second-order valence-electron chi connectivity index (χ2n) is 8.09. The lowest BCUT2D eigenvalue weighted by atomic mass is 10.1. The van der Waals surface area contributed by atoms with Crippen molar-refractivity contribution < 1.29 is 18.8 Å². The Labute approximate surface area is 188 Å². The van der Waals surface area contributed by atoms with Crippen LogP contribution in [-0.2, 0) is 13.2 Å². The molecule has 1 amide bonds. The lowest BCUT2D eigenvalue weighted by molar-refractivity contribution is 0.102. The Hall–Kier alpha value is -3.32. The highest BCUT2D eigenvalue weighted by atomic mass is 16.5. The van der Waals surface area contributed by atoms with Crippen molar-refractivity contribution in [1.82, 2.24) is 10.1 Å². The molecule has 1 aliphatic rings. The van der Waals surface area contributed by atoms with Crippen molar-refractivity contribution >= 4 is 11.6 Å². The Balaban J connectivity index is 1.42. The number of rotatable bonds is 8. The third kappa shape index (κ3) is 5.11. The van der Waals surface area contributed by atoms with E-state index in [0.29, 0.717) is 23.7 Å². The normalized spacial score (nSPS) is 13.8. The Morgan fingerprint density at radius 2 is 1.94 bits per heavy atom. The fourth-order valence-corrected chi connectivity index (χ4v) is 3.94. The van der Waals surface area contributed by atoms with E-state index in [2.05, 4.69) is 21.4 Å². The minimum absolute atomic E-state index is 0.195. The number of likely N-dealkylation sites (tertiary alicyclic amines) is 1. The molecule has 0 unspecified atom stereocenters. The number of hydrogen-bond acceptors (Lipinski definition) is 6. The number of hydrogen-bond donors (Lipinski definition) is 1. The Bertz CT molecular complexity index is 1070. The van der Waals surface area contributed by atoms with Crippen molar-refractivity contribution in [3.63, 3.8) is 0 Å². The van der Waals surface area contributed by atoms with Crippen LogP contribution in [0.3, 0.4) is 0 Å². The van der Waals surface area contributed by atoms with Gasteiger partial charge >= 0.3 is 0 Å². The molecule has 7 heteroatoms. The van der Waals surface area contributed by atoms with Gasteiger partial charge in [-0.2, -0.15) is 0 Å². The van der Waals surface area contributed by atoms with Gasteiger partial charge in [0.2, 0.25) is 0 Å². The topological polar surface area (TPSA) is 76.8 Å². The lowest BCUT2D eigenvalue weighted by Crippen LogP contribution is -2.18. The average molecular weight is 436 g/mol. The first-order valence-corrected chi connectivity index (χ1v) is 10.9. The lowest BCUT2D eigenvalue weighted by Gasteiger charge is -2.15. The van der Waals surface area contributed by atoms with E-state index in [0.717, 1.165) is 42.3 Å². The number of methoxy groups -OCH3 is 1. The number of benzene rings is 2. The summed E-state index contributed by atoms with van der Waals surface area (Å²) < 4.78 is 16.5. The Kier molecular flexibility index (Phi) is 6.75. The largest absolute Gasteiger partial charge is 0.493 e. The Morgan fingerprint density at radius 3 is 2.66 bits per heavy atom. The highest BCUT2D eigenvalue weighted by Gasteiger charge is 2.15. The molecule has 0 radical (unpaired) electrons. The molecule has 1 fully saturated rings. The van der Waals surface area contributed by atoms with E-state index in [9.17, 15) is 4.79 Å². The molecule has 1 aliphatic heterocycles. The number of aryl methyl sites for hydroxylation is 2. The van der Waals surface area contributed by atoms with Crippen LogP contribution in [0, 0.1) is 13.8 Å². The van der Waals surface area contributed by atoms with Gasteiger partial charge in [0.25, 0.3) is 5.91 Å². The van der Waals surface area contributed by atoms with Crippen LogP contribution in [0.2, 0.25) is 0 Å². The zero-order chi connectivity index (χ0) is 22.5. The fourth-order valence-electron chi connectivity index (χ4n) is 3.94. The van der Waals surface area contributed by atoms with Crippen molar-refractivity contribution in [2.24, 2.45) is 0 Å². The summed E-state index contributed by atoms with van der Waals surface area (Å²) in [5.41, 5.74) is 4.18. The number of amides is 1. The van der Waals surface area contributed by atoms with Gasteiger partial charge in [-0.15, -0.1) is 0 Å². The van der Waals surface area contributed by atoms with Crippen LogP contribution in [-0.4, -0.2) is 36.2 Å². The summed E-state index contributed by atoms with van der Waals surface area (Å²) >= 11 is 0. The summed E-state index contributed by atoms with van der Waals surface area (Å²) in [5, 5.41) is 6.93. The number of aromatic nitrogens is 1. The van der Waals surface area contributed by atoms with Gasteiger partial charge < -0.3 is 19.3 Å². The minimum Gasteiger partial charge on any atom is -0.493 e. The third-order valence-electron chi connectivity index (χ3n) is 5.77. The van der Waals surface area contributed by atoms with Gasteiger partial charge in [0.15, 0.2) is 11.5 Å². The number of anilines is 1. The second-order valence-corrected chi connectivity index (χ2v) is 8.09. The Morgan fingerprint density at radius 1 is 1.12 bits per heavy atom. The third-order valence-corrected chi connectivity index (χ3v) is 5.77. The molecule has 0 aliphatic carbocycles. The van der Waals surface area contributed by atoms with Crippen molar-refractivity contribution in [2.75, 3.05) is 25.5 Å². The van der Waals surface area contributed by atoms with Crippen LogP contribution >= 0.6 is 0 Å². The standard InChI is InChI=1S/C25H29N3O4/c1-17-22(18(2)32-27-17)16-31-23-10-9-20(14-24(23)30-3)25(29)26-21-8-6-7-19(13-21)15-28-11-4-5-12-28/h6-10,13-14H,4-5,11-12,15-16H2,1-3H3,(H,26,29). The molecule has 0 atom stereocenters. The van der Waals surface area contributed by atoms with E-state index in [1.165, 1.54) is 18.4 Å². The summed E-state index contributed by atoms with van der Waals surface area (Å²) in [7, 11) is 1.56. The smallest absolute Gasteiger partial charge is 0.255 e. The van der Waals surface area contributed by atoms with E-state index in [1.807, 2.05) is 32.0 Å². The van der Waals surface area contributed by atoms with Gasteiger partial charge in [-0.05, 0) is 75.7 Å². The molecular formula is C25H29N3O4. The maximum absolute atomic E-state index is 12.8. The number of nitrogens with zero attached hydrogens (tertiary/aromatic N) is 2. The first-order valence-electron chi connectivity index (χ1n) is 10.9. The zero-order valence-electron chi connectivity index (χ0n) is 18.8. The van der Waals surface area contributed by atoms with E-state index < -0.39 is 0 Å². The first-order chi connectivity index (χ1) is 15.5. The van der Waals surface area contributed by atoms with Crippen LogP contribution in [0.25, 0.3) is 0 Å². The molecular weight excluding hydrogens is 406 g/mol. The second kappa shape index (κ2) is 9.87. The summed E-state index contributed by atoms with van der Waals surface area (Å²) in [6, 6.07) is 13.2. The van der Waals surface area contributed by atoms with Gasteiger partial charge in [-0.25, -0.2) is 0 Å². The van der Waals surface area contributed by atoms with Gasteiger partial charge in [-0.1, -0.05) is 17.3 Å². The molecule has 0 spiro atoms. The predicted molar refractivity (Wildman–Crippen MR) is 122 cm³/mol. The molecule has 32 heavy (non-hydrogen) atoms.